The van der Waals surface area contributed by atoms with Gasteiger partial charge in [0.25, 0.3) is 0 Å². The smallest absolute Gasteiger partial charge is 0.191 e. The SMILES string of the molecule is CN=C(NCc1cc(F)ccc1SC)NCC1COCCO1. The maximum absolute atomic E-state index is 13.4. The molecule has 0 spiro atoms. The Morgan fingerprint density at radius 2 is 2.27 bits per heavy atom. The summed E-state index contributed by atoms with van der Waals surface area (Å²) in [5.41, 5.74) is 0.910. The van der Waals surface area contributed by atoms with E-state index < -0.39 is 0 Å². The summed E-state index contributed by atoms with van der Waals surface area (Å²) in [5.74, 6) is 0.427. The molecule has 1 aliphatic rings. The molecule has 0 aliphatic carbocycles. The molecule has 1 aromatic rings. The summed E-state index contributed by atoms with van der Waals surface area (Å²) in [6, 6.07) is 4.81. The first-order valence-corrected chi connectivity index (χ1v) is 8.41. The van der Waals surface area contributed by atoms with Gasteiger partial charge >= 0.3 is 0 Å². The Labute approximate surface area is 134 Å². The van der Waals surface area contributed by atoms with Gasteiger partial charge in [0.1, 0.15) is 5.82 Å². The van der Waals surface area contributed by atoms with Crippen LogP contribution >= 0.6 is 11.8 Å². The van der Waals surface area contributed by atoms with Gasteiger partial charge in [0.05, 0.1) is 25.9 Å². The normalized spacial score (nSPS) is 19.0. The van der Waals surface area contributed by atoms with Gasteiger partial charge in [-0.3, -0.25) is 4.99 Å². The van der Waals surface area contributed by atoms with Gasteiger partial charge in [-0.05, 0) is 30.0 Å². The second-order valence-corrected chi connectivity index (χ2v) is 5.68. The fraction of sp³-hybridized carbons (Fsp3) is 0.533. The molecular formula is C15H22FN3O2S. The molecule has 1 saturated heterocycles. The summed E-state index contributed by atoms with van der Waals surface area (Å²) < 4.78 is 24.3. The lowest BCUT2D eigenvalue weighted by Crippen LogP contribution is -2.44. The average Bonchev–Trinajstić information content (AvgIpc) is 2.56. The Hall–Kier alpha value is -1.31. The number of nitrogens with one attached hydrogen (secondary N) is 2. The molecule has 122 valence electrons. The quantitative estimate of drug-likeness (QED) is 0.489. The van der Waals surface area contributed by atoms with Crippen LogP contribution in [0.15, 0.2) is 28.1 Å². The summed E-state index contributed by atoms with van der Waals surface area (Å²) >= 11 is 1.60. The molecule has 1 heterocycles. The Kier molecular flexibility index (Phi) is 6.95. The van der Waals surface area contributed by atoms with E-state index in [1.807, 2.05) is 6.26 Å². The maximum atomic E-state index is 13.4. The second-order valence-electron chi connectivity index (χ2n) is 4.83. The van der Waals surface area contributed by atoms with Crippen LogP contribution in [0.25, 0.3) is 0 Å². The second kappa shape index (κ2) is 8.97. The highest BCUT2D eigenvalue weighted by atomic mass is 32.2. The van der Waals surface area contributed by atoms with Crippen molar-refractivity contribution >= 4 is 17.7 Å². The summed E-state index contributed by atoms with van der Waals surface area (Å²) in [6.07, 6.45) is 2.01. The van der Waals surface area contributed by atoms with E-state index in [1.54, 1.807) is 30.9 Å². The lowest BCUT2D eigenvalue weighted by Gasteiger charge is -2.24. The predicted octanol–water partition coefficient (Wildman–Crippen LogP) is 1.63. The van der Waals surface area contributed by atoms with Crippen LogP contribution in [0.5, 0.6) is 0 Å². The van der Waals surface area contributed by atoms with Crippen LogP contribution in [-0.2, 0) is 16.0 Å². The van der Waals surface area contributed by atoms with Crippen LogP contribution in [0.1, 0.15) is 5.56 Å². The summed E-state index contributed by atoms with van der Waals surface area (Å²) in [4.78, 5) is 5.21. The van der Waals surface area contributed by atoms with Crippen LogP contribution in [0, 0.1) is 5.82 Å². The van der Waals surface area contributed by atoms with Crippen molar-refractivity contribution in [1.82, 2.24) is 10.6 Å². The number of hydrogen-bond donors (Lipinski definition) is 2. The topological polar surface area (TPSA) is 54.9 Å². The minimum atomic E-state index is -0.231. The number of ether oxygens (including phenoxy) is 2. The van der Waals surface area contributed by atoms with Crippen molar-refractivity contribution in [3.8, 4) is 0 Å². The fourth-order valence-corrected chi connectivity index (χ4v) is 2.75. The molecule has 0 aromatic heterocycles. The van der Waals surface area contributed by atoms with Gasteiger partial charge in [-0.1, -0.05) is 0 Å². The van der Waals surface area contributed by atoms with E-state index in [0.717, 1.165) is 10.5 Å². The van der Waals surface area contributed by atoms with Crippen LogP contribution in [0.2, 0.25) is 0 Å². The predicted molar refractivity (Wildman–Crippen MR) is 86.9 cm³/mol. The molecule has 0 radical (unpaired) electrons. The van der Waals surface area contributed by atoms with Crippen LogP contribution in [0.3, 0.4) is 0 Å². The summed E-state index contributed by atoms with van der Waals surface area (Å²) in [7, 11) is 1.70. The summed E-state index contributed by atoms with van der Waals surface area (Å²) in [6.45, 7) is 3.00. The molecule has 1 aliphatic heterocycles. The highest BCUT2D eigenvalue weighted by Gasteiger charge is 2.14. The van der Waals surface area contributed by atoms with Crippen molar-refractivity contribution in [2.75, 3.05) is 39.7 Å². The van der Waals surface area contributed by atoms with E-state index >= 15 is 0 Å². The number of halogens is 1. The van der Waals surface area contributed by atoms with Crippen molar-refractivity contribution < 1.29 is 13.9 Å². The van der Waals surface area contributed by atoms with Gasteiger partial charge in [-0.25, -0.2) is 4.39 Å². The zero-order chi connectivity index (χ0) is 15.8. The fourth-order valence-electron chi connectivity index (χ4n) is 2.15. The number of benzene rings is 1. The Bertz CT molecular complexity index is 508. The van der Waals surface area contributed by atoms with Crippen LogP contribution in [0.4, 0.5) is 4.39 Å². The Morgan fingerprint density at radius 1 is 1.41 bits per heavy atom. The van der Waals surface area contributed by atoms with E-state index in [1.165, 1.54) is 6.07 Å². The van der Waals surface area contributed by atoms with Gasteiger partial charge < -0.3 is 20.1 Å². The molecule has 2 rings (SSSR count). The van der Waals surface area contributed by atoms with E-state index in [-0.39, 0.29) is 11.9 Å². The van der Waals surface area contributed by atoms with Crippen LogP contribution in [-0.4, -0.2) is 51.7 Å². The standard InChI is InChI=1S/C15H22FN3O2S/c1-17-15(19-9-13-10-20-5-6-21-13)18-8-11-7-12(16)3-4-14(11)22-2/h3-4,7,13H,5-6,8-10H2,1-2H3,(H2,17,18,19). The van der Waals surface area contributed by atoms with Crippen LogP contribution < -0.4 is 10.6 Å². The molecule has 7 heteroatoms. The molecule has 2 N–H and O–H groups in total. The van der Waals surface area contributed by atoms with Crippen molar-refractivity contribution in [3.63, 3.8) is 0 Å². The summed E-state index contributed by atoms with van der Waals surface area (Å²) in [5, 5.41) is 6.38. The lowest BCUT2D eigenvalue weighted by molar-refractivity contribution is -0.0850. The molecule has 1 aromatic carbocycles. The minimum absolute atomic E-state index is 0.0308. The number of guanidine groups is 1. The number of rotatable bonds is 5. The first kappa shape index (κ1) is 17.1. The highest BCUT2D eigenvalue weighted by Crippen LogP contribution is 2.21. The molecule has 1 atom stereocenters. The van der Waals surface area contributed by atoms with E-state index in [0.29, 0.717) is 38.9 Å². The third kappa shape index (κ3) is 5.15. The lowest BCUT2D eigenvalue weighted by atomic mass is 10.2. The monoisotopic (exact) mass is 327 g/mol. The Morgan fingerprint density at radius 3 is 2.95 bits per heavy atom. The molecule has 1 fully saturated rings. The molecule has 22 heavy (non-hydrogen) atoms. The molecular weight excluding hydrogens is 305 g/mol. The zero-order valence-corrected chi connectivity index (χ0v) is 13.7. The van der Waals surface area contributed by atoms with Crippen molar-refractivity contribution in [2.45, 2.75) is 17.5 Å². The van der Waals surface area contributed by atoms with E-state index in [2.05, 4.69) is 15.6 Å². The molecule has 1 unspecified atom stereocenters. The van der Waals surface area contributed by atoms with Gasteiger partial charge in [-0.15, -0.1) is 11.8 Å². The van der Waals surface area contributed by atoms with Gasteiger partial charge in [0.2, 0.25) is 0 Å². The largest absolute Gasteiger partial charge is 0.376 e. The van der Waals surface area contributed by atoms with E-state index in [9.17, 15) is 4.39 Å². The third-order valence-corrected chi connectivity index (χ3v) is 4.13. The number of nitrogens with zero attached hydrogens (tertiary/aromatic N) is 1. The molecule has 0 bridgehead atoms. The van der Waals surface area contributed by atoms with Crippen molar-refractivity contribution in [3.05, 3.63) is 29.6 Å². The van der Waals surface area contributed by atoms with Gasteiger partial charge in [-0.2, -0.15) is 0 Å². The maximum Gasteiger partial charge on any atom is 0.191 e. The highest BCUT2D eigenvalue weighted by molar-refractivity contribution is 7.98. The number of hydrogen-bond acceptors (Lipinski definition) is 4. The number of aliphatic imine (C=N–C) groups is 1. The zero-order valence-electron chi connectivity index (χ0n) is 12.9. The molecule has 0 amide bonds. The van der Waals surface area contributed by atoms with E-state index in [4.69, 9.17) is 9.47 Å². The Balaban J connectivity index is 1.84. The number of thioether (sulfide) groups is 1. The minimum Gasteiger partial charge on any atom is -0.376 e. The first-order valence-electron chi connectivity index (χ1n) is 7.19. The third-order valence-electron chi connectivity index (χ3n) is 3.29. The first-order chi connectivity index (χ1) is 10.7. The van der Waals surface area contributed by atoms with Gasteiger partial charge in [0.15, 0.2) is 5.96 Å². The van der Waals surface area contributed by atoms with Gasteiger partial charge in [0, 0.05) is 25.0 Å². The van der Waals surface area contributed by atoms with Crippen molar-refractivity contribution in [2.24, 2.45) is 4.99 Å². The molecule has 0 saturated carbocycles. The molecule has 5 nitrogen and oxygen atoms in total. The van der Waals surface area contributed by atoms with Crippen molar-refractivity contribution in [1.29, 1.82) is 0 Å². The average molecular weight is 327 g/mol.